The van der Waals surface area contributed by atoms with Crippen LogP contribution in [-0.4, -0.2) is 22.1 Å². The van der Waals surface area contributed by atoms with Gasteiger partial charge in [-0.2, -0.15) is 0 Å². The molecular weight excluding hydrogens is 346 g/mol. The smallest absolute Gasteiger partial charge is 0.244 e. The number of hydrogen-bond acceptors (Lipinski definition) is 6. The van der Waals surface area contributed by atoms with Crippen LogP contribution in [-0.2, 0) is 11.2 Å². The molecule has 1 amide bonds. The molecule has 2 atom stereocenters. The number of amides is 1. The molecule has 1 fully saturated rings. The van der Waals surface area contributed by atoms with Gasteiger partial charge in [0.25, 0.3) is 0 Å². The van der Waals surface area contributed by atoms with E-state index in [0.29, 0.717) is 18.0 Å². The van der Waals surface area contributed by atoms with Crippen molar-refractivity contribution in [2.75, 3.05) is 5.32 Å². The van der Waals surface area contributed by atoms with E-state index < -0.39 is 0 Å². The Hall–Kier alpha value is -2.61. The normalized spacial score (nSPS) is 19.4. The minimum absolute atomic E-state index is 0.0988. The van der Waals surface area contributed by atoms with Crippen LogP contribution >= 0.6 is 11.3 Å². The molecule has 1 aliphatic rings. The largest absolute Gasteiger partial charge is 0.299 e. The molecule has 2 heterocycles. The maximum atomic E-state index is 12.5. The van der Waals surface area contributed by atoms with Crippen molar-refractivity contribution in [1.29, 1.82) is 0 Å². The predicted octanol–water partition coefficient (Wildman–Crippen LogP) is 2.68. The average molecular weight is 365 g/mol. The van der Waals surface area contributed by atoms with Gasteiger partial charge in [0.05, 0.1) is 0 Å². The summed E-state index contributed by atoms with van der Waals surface area (Å²) in [5.74, 6) is -0.0988. The molecule has 4 rings (SSSR count). The van der Waals surface area contributed by atoms with Crippen LogP contribution in [0, 0.1) is 0 Å². The lowest BCUT2D eigenvalue weighted by molar-refractivity contribution is -0.117. The highest BCUT2D eigenvalue weighted by Gasteiger charge is 2.30. The SMILES string of the molecule is O=C(Nc1nnc(Cc2ccccc2)s1)C1CC(c2ccccc2)NN1. The third kappa shape index (κ3) is 3.96. The van der Waals surface area contributed by atoms with Crippen molar-refractivity contribution < 1.29 is 4.79 Å². The standard InChI is InChI=1S/C19H19N5OS/c25-18(16-12-15(21-22-16)14-9-5-2-6-10-14)20-19-24-23-17(26-19)11-13-7-3-1-4-8-13/h1-10,15-16,21-22H,11-12H2,(H,20,24,25). The summed E-state index contributed by atoms with van der Waals surface area (Å²) in [5.41, 5.74) is 8.59. The Bertz CT molecular complexity index is 868. The Morgan fingerprint density at radius 3 is 2.54 bits per heavy atom. The summed E-state index contributed by atoms with van der Waals surface area (Å²) in [6.07, 6.45) is 1.40. The second-order valence-corrected chi connectivity index (χ2v) is 7.25. The van der Waals surface area contributed by atoms with E-state index in [9.17, 15) is 4.79 Å². The lowest BCUT2D eigenvalue weighted by Gasteiger charge is -2.09. The van der Waals surface area contributed by atoms with Crippen molar-refractivity contribution in [2.24, 2.45) is 0 Å². The number of carbonyl (C=O) groups excluding carboxylic acids is 1. The zero-order valence-corrected chi connectivity index (χ0v) is 14.9. The number of nitrogens with one attached hydrogen (secondary N) is 3. The maximum absolute atomic E-state index is 12.5. The molecule has 0 radical (unpaired) electrons. The molecule has 6 nitrogen and oxygen atoms in total. The topological polar surface area (TPSA) is 78.9 Å². The number of anilines is 1. The highest BCUT2D eigenvalue weighted by molar-refractivity contribution is 7.15. The number of rotatable bonds is 5. The van der Waals surface area contributed by atoms with E-state index in [1.807, 2.05) is 36.4 Å². The number of carbonyl (C=O) groups is 1. The number of hydrazine groups is 1. The van der Waals surface area contributed by atoms with Crippen LogP contribution in [0.4, 0.5) is 5.13 Å². The van der Waals surface area contributed by atoms with Gasteiger partial charge in [0.1, 0.15) is 11.0 Å². The molecule has 1 aliphatic heterocycles. The van der Waals surface area contributed by atoms with Crippen molar-refractivity contribution in [3.63, 3.8) is 0 Å². The van der Waals surface area contributed by atoms with Gasteiger partial charge >= 0.3 is 0 Å². The van der Waals surface area contributed by atoms with Crippen molar-refractivity contribution in [1.82, 2.24) is 21.0 Å². The summed E-state index contributed by atoms with van der Waals surface area (Å²) in [6, 6.07) is 20.0. The van der Waals surface area contributed by atoms with Gasteiger partial charge < -0.3 is 0 Å². The molecule has 132 valence electrons. The fourth-order valence-electron chi connectivity index (χ4n) is 2.97. The van der Waals surface area contributed by atoms with Crippen molar-refractivity contribution in [2.45, 2.75) is 24.9 Å². The van der Waals surface area contributed by atoms with Crippen LogP contribution in [0.25, 0.3) is 0 Å². The summed E-state index contributed by atoms with van der Waals surface area (Å²) in [4.78, 5) is 12.5. The predicted molar refractivity (Wildman–Crippen MR) is 102 cm³/mol. The average Bonchev–Trinajstić information content (AvgIpc) is 3.33. The van der Waals surface area contributed by atoms with E-state index in [2.05, 4.69) is 50.6 Å². The summed E-state index contributed by atoms with van der Waals surface area (Å²) in [5, 5.41) is 12.5. The number of aromatic nitrogens is 2. The zero-order valence-electron chi connectivity index (χ0n) is 14.1. The van der Waals surface area contributed by atoms with Crippen LogP contribution in [0.5, 0.6) is 0 Å². The van der Waals surface area contributed by atoms with E-state index in [4.69, 9.17) is 0 Å². The van der Waals surface area contributed by atoms with E-state index in [0.717, 1.165) is 10.6 Å². The van der Waals surface area contributed by atoms with Crippen LogP contribution in [0.15, 0.2) is 60.7 Å². The van der Waals surface area contributed by atoms with E-state index in [1.165, 1.54) is 16.9 Å². The lowest BCUT2D eigenvalue weighted by atomic mass is 10.0. The number of nitrogens with zero attached hydrogens (tertiary/aromatic N) is 2. The minimum atomic E-state index is -0.304. The first-order chi connectivity index (χ1) is 12.8. The molecule has 7 heteroatoms. The first-order valence-electron chi connectivity index (χ1n) is 8.51. The molecule has 26 heavy (non-hydrogen) atoms. The summed E-state index contributed by atoms with van der Waals surface area (Å²) in [6.45, 7) is 0. The lowest BCUT2D eigenvalue weighted by Crippen LogP contribution is -2.39. The molecule has 0 aliphatic carbocycles. The van der Waals surface area contributed by atoms with Gasteiger partial charge in [-0.25, -0.2) is 10.9 Å². The molecular formula is C19H19N5OS. The van der Waals surface area contributed by atoms with Crippen molar-refractivity contribution >= 4 is 22.4 Å². The van der Waals surface area contributed by atoms with Gasteiger partial charge in [-0.05, 0) is 17.5 Å². The fraction of sp³-hybridized carbons (Fsp3) is 0.211. The molecule has 3 aromatic rings. The van der Waals surface area contributed by atoms with Gasteiger partial charge in [-0.15, -0.1) is 10.2 Å². The highest BCUT2D eigenvalue weighted by atomic mass is 32.1. The second kappa shape index (κ2) is 7.74. The van der Waals surface area contributed by atoms with Crippen molar-refractivity contribution in [3.05, 3.63) is 76.8 Å². The third-order valence-electron chi connectivity index (χ3n) is 4.32. The summed E-state index contributed by atoms with van der Waals surface area (Å²) < 4.78 is 0. The van der Waals surface area contributed by atoms with Crippen LogP contribution in [0.1, 0.15) is 28.6 Å². The second-order valence-electron chi connectivity index (χ2n) is 6.19. The Balaban J connectivity index is 1.34. The van der Waals surface area contributed by atoms with Crippen LogP contribution in [0.2, 0.25) is 0 Å². The van der Waals surface area contributed by atoms with E-state index in [1.54, 1.807) is 0 Å². The molecule has 3 N–H and O–H groups in total. The third-order valence-corrected chi connectivity index (χ3v) is 5.16. The van der Waals surface area contributed by atoms with Crippen LogP contribution < -0.4 is 16.2 Å². The molecule has 1 aromatic heterocycles. The fourth-order valence-corrected chi connectivity index (χ4v) is 3.75. The molecule has 0 bridgehead atoms. The zero-order chi connectivity index (χ0) is 17.8. The number of benzene rings is 2. The Morgan fingerprint density at radius 2 is 1.77 bits per heavy atom. The first-order valence-corrected chi connectivity index (χ1v) is 9.33. The van der Waals surface area contributed by atoms with E-state index >= 15 is 0 Å². The van der Waals surface area contributed by atoms with Crippen molar-refractivity contribution in [3.8, 4) is 0 Å². The summed E-state index contributed by atoms with van der Waals surface area (Å²) in [7, 11) is 0. The van der Waals surface area contributed by atoms with E-state index in [-0.39, 0.29) is 18.0 Å². The maximum Gasteiger partial charge on any atom is 0.244 e. The van der Waals surface area contributed by atoms with Gasteiger partial charge in [0.15, 0.2) is 0 Å². The van der Waals surface area contributed by atoms with Crippen LogP contribution in [0.3, 0.4) is 0 Å². The molecule has 2 aromatic carbocycles. The molecule has 0 spiro atoms. The number of hydrogen-bond donors (Lipinski definition) is 3. The molecule has 2 unspecified atom stereocenters. The Kier molecular flexibility index (Phi) is 5.01. The van der Waals surface area contributed by atoms with Gasteiger partial charge in [0.2, 0.25) is 11.0 Å². The quantitative estimate of drug-likeness (QED) is 0.648. The monoisotopic (exact) mass is 365 g/mol. The van der Waals surface area contributed by atoms with Gasteiger partial charge in [-0.3, -0.25) is 10.1 Å². The van der Waals surface area contributed by atoms with Gasteiger partial charge in [0, 0.05) is 12.5 Å². The molecule has 1 saturated heterocycles. The first kappa shape index (κ1) is 16.8. The van der Waals surface area contributed by atoms with Gasteiger partial charge in [-0.1, -0.05) is 72.0 Å². The summed E-state index contributed by atoms with van der Waals surface area (Å²) >= 11 is 1.41. The Morgan fingerprint density at radius 1 is 1.04 bits per heavy atom. The highest BCUT2D eigenvalue weighted by Crippen LogP contribution is 2.23. The molecule has 0 saturated carbocycles. The minimum Gasteiger partial charge on any atom is -0.299 e. The Labute approximate surface area is 155 Å².